The highest BCUT2D eigenvalue weighted by Gasteiger charge is 2.23. The van der Waals surface area contributed by atoms with Gasteiger partial charge in [0.05, 0.1) is 17.5 Å². The van der Waals surface area contributed by atoms with E-state index in [1.807, 2.05) is 0 Å². The molecule has 0 amide bonds. The van der Waals surface area contributed by atoms with E-state index in [0.717, 1.165) is 6.42 Å². The van der Waals surface area contributed by atoms with Crippen LogP contribution >= 0.6 is 15.9 Å². The molecule has 0 aliphatic carbocycles. The molecule has 10 heavy (non-hydrogen) atoms. The second-order valence-electron chi connectivity index (χ2n) is 2.37. The van der Waals surface area contributed by atoms with Crippen LogP contribution in [0, 0.1) is 0 Å². The Kier molecular flexibility index (Phi) is 5.31. The van der Waals surface area contributed by atoms with Gasteiger partial charge in [-0.25, -0.2) is 0 Å². The van der Waals surface area contributed by atoms with Crippen LogP contribution in [-0.4, -0.2) is 31.8 Å². The van der Waals surface area contributed by atoms with E-state index >= 15 is 0 Å². The van der Waals surface area contributed by atoms with Gasteiger partial charge < -0.3 is 9.47 Å². The van der Waals surface area contributed by atoms with Gasteiger partial charge >= 0.3 is 0 Å². The lowest BCUT2D eigenvalue weighted by Gasteiger charge is -2.23. The lowest BCUT2D eigenvalue weighted by atomic mass is 10.1. The Bertz CT molecular complexity index is 79.7. The number of methoxy groups -OCH3 is 2. The highest BCUT2D eigenvalue weighted by molar-refractivity contribution is 9.10. The first-order valence-corrected chi connectivity index (χ1v) is 4.14. The van der Waals surface area contributed by atoms with Crippen molar-refractivity contribution in [3.63, 3.8) is 0 Å². The SMILES string of the molecule is CCC(Br)(COC)COC. The van der Waals surface area contributed by atoms with Gasteiger partial charge in [-0.3, -0.25) is 0 Å². The molecule has 0 aromatic rings. The van der Waals surface area contributed by atoms with Crippen LogP contribution in [0.5, 0.6) is 0 Å². The number of hydrogen-bond acceptors (Lipinski definition) is 2. The fraction of sp³-hybridized carbons (Fsp3) is 1.00. The van der Waals surface area contributed by atoms with Crippen molar-refractivity contribution in [1.29, 1.82) is 0 Å². The zero-order chi connectivity index (χ0) is 8.04. The molecule has 0 fully saturated rings. The number of hydrogen-bond donors (Lipinski definition) is 0. The zero-order valence-electron chi connectivity index (χ0n) is 6.82. The van der Waals surface area contributed by atoms with Gasteiger partial charge in [-0.1, -0.05) is 22.9 Å². The summed E-state index contributed by atoms with van der Waals surface area (Å²) in [7, 11) is 3.39. The monoisotopic (exact) mass is 210 g/mol. The van der Waals surface area contributed by atoms with E-state index in [0.29, 0.717) is 13.2 Å². The second kappa shape index (κ2) is 5.10. The third-order valence-corrected chi connectivity index (χ3v) is 2.46. The smallest absolute Gasteiger partial charge is 0.0720 e. The Labute approximate surface area is 71.0 Å². The summed E-state index contributed by atoms with van der Waals surface area (Å²) in [5, 5.41) is 0. The summed E-state index contributed by atoms with van der Waals surface area (Å²) in [5.41, 5.74) is 0. The third-order valence-electron chi connectivity index (χ3n) is 1.44. The molecule has 3 heteroatoms. The Morgan fingerprint density at radius 1 is 1.20 bits per heavy atom. The summed E-state index contributed by atoms with van der Waals surface area (Å²) in [6, 6.07) is 0. The van der Waals surface area contributed by atoms with Gasteiger partial charge in [-0.05, 0) is 6.42 Å². The molecule has 0 unspecified atom stereocenters. The van der Waals surface area contributed by atoms with E-state index < -0.39 is 0 Å². The molecule has 0 saturated heterocycles. The first kappa shape index (κ1) is 10.4. The summed E-state index contributed by atoms with van der Waals surface area (Å²) in [4.78, 5) is 0. The van der Waals surface area contributed by atoms with Crippen molar-refractivity contribution in [2.24, 2.45) is 0 Å². The predicted molar refractivity (Wildman–Crippen MR) is 45.7 cm³/mol. The first-order chi connectivity index (χ1) is 4.68. The quantitative estimate of drug-likeness (QED) is 0.646. The van der Waals surface area contributed by atoms with Gasteiger partial charge in [0.1, 0.15) is 0 Å². The summed E-state index contributed by atoms with van der Waals surface area (Å²) in [5.74, 6) is 0. The Morgan fingerprint density at radius 3 is 1.80 bits per heavy atom. The van der Waals surface area contributed by atoms with Gasteiger partial charge in [0, 0.05) is 14.2 Å². The van der Waals surface area contributed by atoms with Crippen molar-refractivity contribution in [2.75, 3.05) is 27.4 Å². The highest BCUT2D eigenvalue weighted by atomic mass is 79.9. The van der Waals surface area contributed by atoms with Crippen LogP contribution in [0.3, 0.4) is 0 Å². The van der Waals surface area contributed by atoms with Gasteiger partial charge in [-0.15, -0.1) is 0 Å². The minimum absolute atomic E-state index is 0.0104. The van der Waals surface area contributed by atoms with Crippen LogP contribution in [0.4, 0.5) is 0 Å². The predicted octanol–water partition coefficient (Wildman–Crippen LogP) is 1.82. The van der Waals surface area contributed by atoms with E-state index in [1.54, 1.807) is 14.2 Å². The van der Waals surface area contributed by atoms with Crippen LogP contribution in [0.1, 0.15) is 13.3 Å². The number of ether oxygens (including phenoxy) is 2. The normalized spacial score (nSPS) is 12.0. The van der Waals surface area contributed by atoms with Gasteiger partial charge in [-0.2, -0.15) is 0 Å². The van der Waals surface area contributed by atoms with Crippen LogP contribution < -0.4 is 0 Å². The van der Waals surface area contributed by atoms with Gasteiger partial charge in [0.15, 0.2) is 0 Å². The molecule has 0 atom stereocenters. The van der Waals surface area contributed by atoms with Crippen molar-refractivity contribution >= 4 is 15.9 Å². The topological polar surface area (TPSA) is 18.5 Å². The molecule has 0 aromatic heterocycles. The molecule has 0 N–H and O–H groups in total. The fourth-order valence-electron chi connectivity index (χ4n) is 0.763. The molecule has 0 heterocycles. The average molecular weight is 211 g/mol. The van der Waals surface area contributed by atoms with Crippen molar-refractivity contribution in [1.82, 2.24) is 0 Å². The second-order valence-corrected chi connectivity index (χ2v) is 4.05. The lowest BCUT2D eigenvalue weighted by molar-refractivity contribution is 0.104. The van der Waals surface area contributed by atoms with Crippen LogP contribution in [-0.2, 0) is 9.47 Å². The van der Waals surface area contributed by atoms with Gasteiger partial charge in [0.2, 0.25) is 0 Å². The van der Waals surface area contributed by atoms with E-state index in [4.69, 9.17) is 9.47 Å². The molecule has 0 aromatic carbocycles. The molecular formula is C7H15BrO2. The zero-order valence-corrected chi connectivity index (χ0v) is 8.40. The molecule has 0 aliphatic rings. The highest BCUT2D eigenvalue weighted by Crippen LogP contribution is 2.22. The number of rotatable bonds is 5. The van der Waals surface area contributed by atoms with Crippen molar-refractivity contribution in [3.8, 4) is 0 Å². The average Bonchev–Trinajstić information content (AvgIpc) is 1.89. The largest absolute Gasteiger partial charge is 0.383 e. The first-order valence-electron chi connectivity index (χ1n) is 3.35. The molecule has 2 nitrogen and oxygen atoms in total. The summed E-state index contributed by atoms with van der Waals surface area (Å²) < 4.78 is 10.1. The number of alkyl halides is 1. The van der Waals surface area contributed by atoms with Crippen LogP contribution in [0.2, 0.25) is 0 Å². The Morgan fingerprint density at radius 2 is 1.60 bits per heavy atom. The lowest BCUT2D eigenvalue weighted by Crippen LogP contribution is -2.31. The van der Waals surface area contributed by atoms with Crippen molar-refractivity contribution < 1.29 is 9.47 Å². The molecule has 62 valence electrons. The van der Waals surface area contributed by atoms with Crippen molar-refractivity contribution in [3.05, 3.63) is 0 Å². The van der Waals surface area contributed by atoms with Crippen molar-refractivity contribution in [2.45, 2.75) is 17.7 Å². The minimum Gasteiger partial charge on any atom is -0.383 e. The number of halogens is 1. The minimum atomic E-state index is 0.0104. The maximum atomic E-state index is 5.02. The summed E-state index contributed by atoms with van der Waals surface area (Å²) >= 11 is 3.55. The van der Waals surface area contributed by atoms with Crippen LogP contribution in [0.25, 0.3) is 0 Å². The van der Waals surface area contributed by atoms with E-state index in [-0.39, 0.29) is 4.32 Å². The molecule has 0 rings (SSSR count). The molecule has 0 radical (unpaired) electrons. The fourth-order valence-corrected chi connectivity index (χ4v) is 1.22. The molecular weight excluding hydrogens is 196 g/mol. The van der Waals surface area contributed by atoms with Gasteiger partial charge in [0.25, 0.3) is 0 Å². The Balaban J connectivity index is 3.69. The summed E-state index contributed by atoms with van der Waals surface area (Å²) in [6.45, 7) is 3.49. The van der Waals surface area contributed by atoms with E-state index in [1.165, 1.54) is 0 Å². The summed E-state index contributed by atoms with van der Waals surface area (Å²) in [6.07, 6.45) is 1.01. The standard InChI is InChI=1S/C7H15BrO2/c1-4-7(8,5-9-2)6-10-3/h4-6H2,1-3H3. The molecule has 0 saturated carbocycles. The maximum Gasteiger partial charge on any atom is 0.0720 e. The molecule has 0 spiro atoms. The van der Waals surface area contributed by atoms with Crippen LogP contribution in [0.15, 0.2) is 0 Å². The third kappa shape index (κ3) is 3.54. The molecule has 0 aliphatic heterocycles. The maximum absolute atomic E-state index is 5.02. The molecule has 0 bridgehead atoms. The van der Waals surface area contributed by atoms with E-state index in [2.05, 4.69) is 22.9 Å². The Hall–Kier alpha value is 0.400. The van der Waals surface area contributed by atoms with E-state index in [9.17, 15) is 0 Å².